The Hall–Kier alpha value is -3.70. The van der Waals surface area contributed by atoms with Crippen LogP contribution in [-0.4, -0.2) is 35.4 Å². The predicted octanol–water partition coefficient (Wildman–Crippen LogP) is 7.61. The van der Waals surface area contributed by atoms with E-state index in [-0.39, 0.29) is 27.2 Å². The first kappa shape index (κ1) is 43.4. The van der Waals surface area contributed by atoms with Gasteiger partial charge in [0.25, 0.3) is 0 Å². The molecule has 3 aromatic carbocycles. The molecule has 222 valence electrons. The molecular weight excluding hydrogens is 504 g/mol. The fraction of sp³-hybridized carbons (Fsp3) is 0.382. The number of rotatable bonds is 7. The van der Waals surface area contributed by atoms with Crippen molar-refractivity contribution in [3.05, 3.63) is 114 Å². The molecule has 6 heteroatoms. The second-order valence-corrected chi connectivity index (χ2v) is 9.03. The Labute approximate surface area is 242 Å². The zero-order valence-corrected chi connectivity index (χ0v) is 23.2. The van der Waals surface area contributed by atoms with Crippen molar-refractivity contribution in [2.45, 2.75) is 62.3 Å². The number of aliphatic hydroxyl groups is 1. The maximum absolute atomic E-state index is 11.3. The van der Waals surface area contributed by atoms with Gasteiger partial charge in [0.1, 0.15) is 0 Å². The molecule has 0 heterocycles. The third-order valence-electron chi connectivity index (χ3n) is 4.27. The van der Waals surface area contributed by atoms with E-state index in [9.17, 15) is 9.59 Å². The van der Waals surface area contributed by atoms with Crippen molar-refractivity contribution in [2.24, 2.45) is 11.8 Å². The molecule has 6 nitrogen and oxygen atoms in total. The minimum absolute atomic E-state index is 0. The van der Waals surface area contributed by atoms with Gasteiger partial charge in [-0.1, -0.05) is 139 Å². The van der Waals surface area contributed by atoms with Crippen molar-refractivity contribution in [1.29, 1.82) is 0 Å². The Kier molecular flexibility index (Phi) is 32.4. The molecule has 0 amide bonds. The average Bonchev–Trinajstić information content (AvgIpc) is 2.91. The van der Waals surface area contributed by atoms with Crippen LogP contribution in [0.5, 0.6) is 0 Å². The number of hydrogen-bond acceptors (Lipinski definition) is 4. The Morgan fingerprint density at radius 1 is 0.725 bits per heavy atom. The summed E-state index contributed by atoms with van der Waals surface area (Å²) in [6.45, 7) is 15.4. The molecule has 2 N–H and O–H groups in total. The summed E-state index contributed by atoms with van der Waals surface area (Å²) in [4.78, 5) is 21.5. The second kappa shape index (κ2) is 29.9. The normalized spacial score (nSPS) is 8.65. The van der Waals surface area contributed by atoms with Crippen LogP contribution in [0.15, 0.2) is 91.0 Å². The Morgan fingerprint density at radius 2 is 1.07 bits per heavy atom. The van der Waals surface area contributed by atoms with E-state index < -0.39 is 5.97 Å². The summed E-state index contributed by atoms with van der Waals surface area (Å²) in [7, 11) is 0. The van der Waals surface area contributed by atoms with Crippen LogP contribution >= 0.6 is 0 Å². The number of aryl methyl sites for hydroxylation is 1. The topological polar surface area (TPSA) is 104 Å². The number of hydrogen-bond donors (Lipinski definition) is 2. The Balaban J connectivity index is -0.000000220. The van der Waals surface area contributed by atoms with E-state index >= 15 is 0 Å². The summed E-state index contributed by atoms with van der Waals surface area (Å²) in [6, 6.07) is 29.0. The van der Waals surface area contributed by atoms with Gasteiger partial charge in [0.15, 0.2) is 0 Å². The summed E-state index contributed by atoms with van der Waals surface area (Å²) in [5, 5.41) is 16.5. The van der Waals surface area contributed by atoms with Gasteiger partial charge in [0.2, 0.25) is 0 Å². The van der Waals surface area contributed by atoms with Crippen molar-refractivity contribution in [3.8, 4) is 0 Å². The molecule has 0 aromatic heterocycles. The van der Waals surface area contributed by atoms with Crippen molar-refractivity contribution >= 4 is 11.9 Å². The molecule has 0 saturated heterocycles. The van der Waals surface area contributed by atoms with E-state index in [2.05, 4.69) is 25.7 Å². The minimum atomic E-state index is -0.786. The van der Waals surface area contributed by atoms with Gasteiger partial charge >= 0.3 is 23.2 Å². The number of aliphatic carboxylic acids is 1. The summed E-state index contributed by atoms with van der Waals surface area (Å²) in [5.41, 5.74) is 3.17. The number of esters is 1. The van der Waals surface area contributed by atoms with Crippen molar-refractivity contribution < 1.29 is 29.2 Å². The summed E-state index contributed by atoms with van der Waals surface area (Å²) in [6.07, 6.45) is 0.481. The van der Waals surface area contributed by atoms with Crippen LogP contribution in [0.1, 0.15) is 59.2 Å². The van der Waals surface area contributed by atoms with Crippen LogP contribution in [0.3, 0.4) is 0 Å². The molecule has 0 aliphatic carbocycles. The molecule has 0 fully saturated rings. The van der Waals surface area contributed by atoms with Crippen LogP contribution in [0.4, 0.5) is 0 Å². The fourth-order valence-electron chi connectivity index (χ4n) is 2.38. The van der Waals surface area contributed by atoms with Crippen LogP contribution in [0.25, 0.3) is 0 Å². The number of carbonyl (C=O) groups is 2. The first-order valence-corrected chi connectivity index (χ1v) is 12.4. The zero-order valence-electron chi connectivity index (χ0n) is 23.2. The number of carboxylic acid groups (broad SMARTS) is 1. The van der Waals surface area contributed by atoms with Gasteiger partial charge in [-0.2, -0.15) is 0 Å². The van der Waals surface area contributed by atoms with Crippen LogP contribution < -0.4 is 0 Å². The molecule has 0 aliphatic rings. The van der Waals surface area contributed by atoms with E-state index in [4.69, 9.17) is 19.6 Å². The fourth-order valence-corrected chi connectivity index (χ4v) is 2.38. The summed E-state index contributed by atoms with van der Waals surface area (Å²) in [5.74, 6) is -0.0965. The molecule has 0 saturated carbocycles. The maximum atomic E-state index is 11.3. The molecule has 0 radical (unpaired) electrons. The molecule has 0 bridgehead atoms. The van der Waals surface area contributed by atoms with Gasteiger partial charge < -0.3 is 14.9 Å². The number of carbonyl (C=O) groups excluding carboxylic acids is 1. The zero-order chi connectivity index (χ0) is 29.2. The van der Waals surface area contributed by atoms with E-state index in [0.29, 0.717) is 31.5 Å². The third-order valence-corrected chi connectivity index (χ3v) is 4.27. The van der Waals surface area contributed by atoms with Crippen molar-refractivity contribution in [2.75, 3.05) is 13.2 Å². The van der Waals surface area contributed by atoms with Gasteiger partial charge in [0, 0.05) is 6.61 Å². The first-order chi connectivity index (χ1) is 18.1. The summed E-state index contributed by atoms with van der Waals surface area (Å²) >= 11 is 0. The SMILES string of the molecule is C.C.CC(C)CO.CC(C)COC(=O)Cc1ccccc1.Cc1ccccc1.O=C(O)Cc1ccccc1.[C-]#[O+]. The Morgan fingerprint density at radius 3 is 1.35 bits per heavy atom. The summed E-state index contributed by atoms with van der Waals surface area (Å²) < 4.78 is 12.6. The number of benzene rings is 3. The standard InChI is InChI=1S/C12H16O2.C8H8O2.C7H8.C4H10O.CO.2CH4/c1-10(2)9-14-12(13)8-11-6-4-3-5-7-11;9-8(10)6-7-4-2-1-3-5-7;1-7-5-3-2-4-6-7;1-4(2)3-5;1-2;;/h3-7,10H,8-9H2,1-2H3;1-5H,6H2,(H,9,10);2-6H,1H3;4-5H,3H2,1-2H3;;2*1H4. The number of carboxylic acids is 1. The van der Waals surface area contributed by atoms with Crippen molar-refractivity contribution in [3.63, 3.8) is 0 Å². The molecular formula is C34H50O6. The molecule has 0 aliphatic heterocycles. The van der Waals surface area contributed by atoms with E-state index in [0.717, 1.165) is 11.1 Å². The molecule has 3 rings (SSSR count). The van der Waals surface area contributed by atoms with E-state index in [1.807, 2.05) is 94.4 Å². The molecule has 0 atom stereocenters. The number of aliphatic hydroxyl groups excluding tert-OH is 1. The van der Waals surface area contributed by atoms with Gasteiger partial charge in [-0.15, -0.1) is 0 Å². The second-order valence-electron chi connectivity index (χ2n) is 9.03. The van der Waals surface area contributed by atoms with Crippen molar-refractivity contribution in [1.82, 2.24) is 0 Å². The number of ether oxygens (including phenoxy) is 1. The van der Waals surface area contributed by atoms with Crippen LogP contribution in [0.2, 0.25) is 0 Å². The van der Waals surface area contributed by atoms with Gasteiger partial charge in [0.05, 0.1) is 19.4 Å². The average molecular weight is 555 g/mol. The van der Waals surface area contributed by atoms with Crippen LogP contribution in [-0.2, 0) is 31.8 Å². The van der Waals surface area contributed by atoms with E-state index in [1.54, 1.807) is 12.1 Å². The van der Waals surface area contributed by atoms with E-state index in [1.165, 1.54) is 5.56 Å². The molecule has 0 spiro atoms. The predicted molar refractivity (Wildman–Crippen MR) is 164 cm³/mol. The quantitative estimate of drug-likeness (QED) is 0.178. The first-order valence-electron chi connectivity index (χ1n) is 12.4. The van der Waals surface area contributed by atoms with Gasteiger partial charge in [-0.25, -0.2) is 0 Å². The molecule has 3 aromatic rings. The monoisotopic (exact) mass is 554 g/mol. The molecule has 0 unspecified atom stereocenters. The third kappa shape index (κ3) is 30.5. The van der Waals surface area contributed by atoms with Crippen LogP contribution in [0, 0.1) is 25.4 Å². The Bertz CT molecular complexity index is 968. The van der Waals surface area contributed by atoms with Gasteiger partial charge in [-0.05, 0) is 29.9 Å². The van der Waals surface area contributed by atoms with Gasteiger partial charge in [-0.3, -0.25) is 9.59 Å². The molecule has 40 heavy (non-hydrogen) atoms.